The first-order chi connectivity index (χ1) is 7.15. The number of nitrogens with one attached hydrogen (secondary N) is 1. The van der Waals surface area contributed by atoms with Crippen molar-refractivity contribution in [2.24, 2.45) is 0 Å². The number of halogens is 1. The number of anilines is 1. The molecule has 0 saturated heterocycles. The molecule has 1 aromatic rings. The van der Waals surface area contributed by atoms with Crippen molar-refractivity contribution in [1.82, 2.24) is 10.3 Å². The predicted molar refractivity (Wildman–Crippen MR) is 64.4 cm³/mol. The van der Waals surface area contributed by atoms with Crippen LogP contribution in [0, 0.1) is 0 Å². The highest BCUT2D eigenvalue weighted by Crippen LogP contribution is 2.16. The number of hydrogen-bond acceptors (Lipinski definition) is 4. The lowest BCUT2D eigenvalue weighted by Gasteiger charge is -2.05. The Bertz CT molecular complexity index is 359. The Kier molecular flexibility index (Phi) is 4.71. The summed E-state index contributed by atoms with van der Waals surface area (Å²) >= 11 is 7.48. The number of nitrogens with zero attached hydrogens (tertiary/aromatic N) is 1. The Labute approximate surface area is 97.6 Å². The van der Waals surface area contributed by atoms with Gasteiger partial charge in [-0.15, -0.1) is 0 Å². The van der Waals surface area contributed by atoms with Gasteiger partial charge in [0.2, 0.25) is 0 Å². The summed E-state index contributed by atoms with van der Waals surface area (Å²) in [6.45, 7) is 0.610. The average Bonchev–Trinajstić information content (AvgIpc) is 2.22. The van der Waals surface area contributed by atoms with Crippen molar-refractivity contribution in [3.63, 3.8) is 0 Å². The highest BCUT2D eigenvalue weighted by Gasteiger charge is 2.10. The summed E-state index contributed by atoms with van der Waals surface area (Å²) in [5.41, 5.74) is 5.83. The Morgan fingerprint density at radius 2 is 2.47 bits per heavy atom. The maximum atomic E-state index is 11.6. The van der Waals surface area contributed by atoms with Crippen molar-refractivity contribution in [3.05, 3.63) is 22.8 Å². The van der Waals surface area contributed by atoms with E-state index in [0.717, 1.165) is 5.75 Å². The highest BCUT2D eigenvalue weighted by molar-refractivity contribution is 7.98. The Hall–Kier alpha value is -0.940. The quantitative estimate of drug-likeness (QED) is 0.787. The maximum Gasteiger partial charge on any atom is 0.253 e. The molecule has 6 heteroatoms. The molecule has 4 nitrogen and oxygen atoms in total. The van der Waals surface area contributed by atoms with E-state index in [2.05, 4.69) is 10.3 Å². The first-order valence-corrected chi connectivity index (χ1v) is 6.10. The standard InChI is InChI=1S/C9H12ClN3OS/c1-15-3-2-12-9(14)6-4-8(11)13-5-7(6)10/h4-5H,2-3H2,1H3,(H2,11,13)(H,12,14). The van der Waals surface area contributed by atoms with Crippen LogP contribution in [0.5, 0.6) is 0 Å². The fraction of sp³-hybridized carbons (Fsp3) is 0.333. The summed E-state index contributed by atoms with van der Waals surface area (Å²) in [4.78, 5) is 15.4. The van der Waals surface area contributed by atoms with Crippen molar-refractivity contribution < 1.29 is 4.79 Å². The van der Waals surface area contributed by atoms with E-state index in [1.807, 2.05) is 6.26 Å². The van der Waals surface area contributed by atoms with E-state index in [9.17, 15) is 4.79 Å². The predicted octanol–water partition coefficient (Wildman–Crippen LogP) is 1.41. The summed E-state index contributed by atoms with van der Waals surface area (Å²) in [5, 5.41) is 3.05. The van der Waals surface area contributed by atoms with Gasteiger partial charge in [-0.2, -0.15) is 11.8 Å². The molecule has 0 atom stereocenters. The first-order valence-electron chi connectivity index (χ1n) is 4.33. The molecule has 1 aromatic heterocycles. The number of thioether (sulfide) groups is 1. The molecule has 82 valence electrons. The minimum absolute atomic E-state index is 0.219. The number of aromatic nitrogens is 1. The van der Waals surface area contributed by atoms with Crippen molar-refractivity contribution >= 4 is 35.1 Å². The number of carbonyl (C=O) groups is 1. The Morgan fingerprint density at radius 1 is 1.73 bits per heavy atom. The molecule has 1 heterocycles. The molecule has 0 unspecified atom stereocenters. The lowest BCUT2D eigenvalue weighted by atomic mass is 10.2. The van der Waals surface area contributed by atoms with Gasteiger partial charge in [-0.3, -0.25) is 4.79 Å². The van der Waals surface area contributed by atoms with Crippen molar-refractivity contribution in [3.8, 4) is 0 Å². The maximum absolute atomic E-state index is 11.6. The molecule has 3 N–H and O–H groups in total. The van der Waals surface area contributed by atoms with Crippen LogP contribution in [-0.2, 0) is 0 Å². The Balaban J connectivity index is 2.68. The van der Waals surface area contributed by atoms with Crippen LogP contribution in [0.25, 0.3) is 0 Å². The minimum Gasteiger partial charge on any atom is -0.384 e. The van der Waals surface area contributed by atoms with Gasteiger partial charge >= 0.3 is 0 Å². The van der Waals surface area contributed by atoms with E-state index >= 15 is 0 Å². The van der Waals surface area contributed by atoms with Crippen LogP contribution in [0.2, 0.25) is 5.02 Å². The van der Waals surface area contributed by atoms with E-state index in [0.29, 0.717) is 17.1 Å². The van der Waals surface area contributed by atoms with Crippen LogP contribution >= 0.6 is 23.4 Å². The number of hydrogen-bond donors (Lipinski definition) is 2. The number of amides is 1. The number of carbonyl (C=O) groups excluding carboxylic acids is 1. The lowest BCUT2D eigenvalue weighted by molar-refractivity contribution is 0.0956. The SMILES string of the molecule is CSCCNC(=O)c1cc(N)ncc1Cl. The summed E-state index contributed by atoms with van der Waals surface area (Å²) in [6.07, 6.45) is 3.35. The number of rotatable bonds is 4. The van der Waals surface area contributed by atoms with Crippen LogP contribution in [0.4, 0.5) is 5.82 Å². The highest BCUT2D eigenvalue weighted by atomic mass is 35.5. The topological polar surface area (TPSA) is 68.0 Å². The van der Waals surface area contributed by atoms with Crippen LogP contribution in [0.1, 0.15) is 10.4 Å². The number of nitrogens with two attached hydrogens (primary N) is 1. The van der Waals surface area contributed by atoms with Gasteiger partial charge in [-0.1, -0.05) is 11.6 Å². The molecule has 15 heavy (non-hydrogen) atoms. The van der Waals surface area contributed by atoms with Gasteiger partial charge in [0.05, 0.1) is 10.6 Å². The van der Waals surface area contributed by atoms with E-state index in [4.69, 9.17) is 17.3 Å². The summed E-state index contributed by atoms with van der Waals surface area (Å²) in [7, 11) is 0. The number of nitrogen functional groups attached to an aromatic ring is 1. The lowest BCUT2D eigenvalue weighted by Crippen LogP contribution is -2.26. The summed E-state index contributed by atoms with van der Waals surface area (Å²) in [6, 6.07) is 1.47. The third-order valence-electron chi connectivity index (χ3n) is 1.71. The molecular formula is C9H12ClN3OS. The van der Waals surface area contributed by atoms with Crippen LogP contribution in [0.3, 0.4) is 0 Å². The second-order valence-electron chi connectivity index (χ2n) is 2.84. The van der Waals surface area contributed by atoms with E-state index in [-0.39, 0.29) is 11.7 Å². The zero-order valence-electron chi connectivity index (χ0n) is 8.29. The molecule has 1 rings (SSSR count). The second-order valence-corrected chi connectivity index (χ2v) is 4.23. The molecule has 0 aliphatic rings. The van der Waals surface area contributed by atoms with Crippen molar-refractivity contribution in [2.45, 2.75) is 0 Å². The van der Waals surface area contributed by atoms with Crippen LogP contribution in [0.15, 0.2) is 12.3 Å². The monoisotopic (exact) mass is 245 g/mol. The third kappa shape index (κ3) is 3.60. The molecule has 0 radical (unpaired) electrons. The van der Waals surface area contributed by atoms with Gasteiger partial charge in [0.1, 0.15) is 5.82 Å². The van der Waals surface area contributed by atoms with Crippen molar-refractivity contribution in [2.75, 3.05) is 24.3 Å². The fourth-order valence-corrected chi connectivity index (χ4v) is 1.49. The molecule has 0 aliphatic carbocycles. The molecular weight excluding hydrogens is 234 g/mol. The fourth-order valence-electron chi connectivity index (χ4n) is 0.991. The second kappa shape index (κ2) is 5.82. The summed E-state index contributed by atoms with van der Waals surface area (Å²) < 4.78 is 0. The van der Waals surface area contributed by atoms with E-state index in [1.165, 1.54) is 12.3 Å². The molecule has 0 spiro atoms. The molecule has 0 saturated carbocycles. The van der Waals surface area contributed by atoms with Gasteiger partial charge in [0.15, 0.2) is 0 Å². The molecule has 0 aromatic carbocycles. The zero-order valence-corrected chi connectivity index (χ0v) is 9.86. The van der Waals surface area contributed by atoms with E-state index < -0.39 is 0 Å². The Morgan fingerprint density at radius 3 is 3.13 bits per heavy atom. The number of pyridine rings is 1. The third-order valence-corrected chi connectivity index (χ3v) is 2.63. The molecule has 1 amide bonds. The zero-order chi connectivity index (χ0) is 11.3. The molecule has 0 fully saturated rings. The smallest absolute Gasteiger partial charge is 0.253 e. The normalized spacial score (nSPS) is 10.0. The molecule has 0 bridgehead atoms. The minimum atomic E-state index is -0.219. The van der Waals surface area contributed by atoms with Gasteiger partial charge in [-0.25, -0.2) is 4.98 Å². The van der Waals surface area contributed by atoms with Gasteiger partial charge in [0, 0.05) is 18.5 Å². The van der Waals surface area contributed by atoms with Crippen molar-refractivity contribution in [1.29, 1.82) is 0 Å². The van der Waals surface area contributed by atoms with Crippen LogP contribution in [-0.4, -0.2) is 29.4 Å². The van der Waals surface area contributed by atoms with E-state index in [1.54, 1.807) is 11.8 Å². The van der Waals surface area contributed by atoms with Gasteiger partial charge in [-0.05, 0) is 12.3 Å². The molecule has 0 aliphatic heterocycles. The summed E-state index contributed by atoms with van der Waals surface area (Å²) in [5.74, 6) is 0.932. The van der Waals surface area contributed by atoms with Gasteiger partial charge in [0.25, 0.3) is 5.91 Å². The average molecular weight is 246 g/mol. The van der Waals surface area contributed by atoms with Crippen LogP contribution < -0.4 is 11.1 Å². The largest absolute Gasteiger partial charge is 0.384 e. The first kappa shape index (κ1) is 12.1. The van der Waals surface area contributed by atoms with Gasteiger partial charge < -0.3 is 11.1 Å².